The third-order valence-electron chi connectivity index (χ3n) is 6.51. The molecule has 3 rings (SSSR count). The maximum atomic E-state index is 5.53. The number of nitrogens with one attached hydrogen (secondary N) is 1. The van der Waals surface area contributed by atoms with Crippen molar-refractivity contribution in [2.24, 2.45) is 4.99 Å². The van der Waals surface area contributed by atoms with Crippen LogP contribution in [-0.2, 0) is 4.74 Å². The van der Waals surface area contributed by atoms with E-state index >= 15 is 0 Å². The van der Waals surface area contributed by atoms with Gasteiger partial charge in [0.25, 0.3) is 0 Å². The summed E-state index contributed by atoms with van der Waals surface area (Å²) in [5.74, 6) is 1.94. The Morgan fingerprint density at radius 3 is 2.68 bits per heavy atom. The molecule has 0 amide bonds. The Balaban J connectivity index is 1.74. The maximum Gasteiger partial charge on any atom is 0.194 e. The van der Waals surface area contributed by atoms with Gasteiger partial charge in [-0.25, -0.2) is 0 Å². The number of likely N-dealkylation sites (tertiary alicyclic amines) is 1. The van der Waals surface area contributed by atoms with Crippen LogP contribution in [0.1, 0.15) is 38.8 Å². The predicted octanol–water partition coefficient (Wildman–Crippen LogP) is 2.45. The van der Waals surface area contributed by atoms with Crippen molar-refractivity contribution in [2.45, 2.75) is 39.3 Å². The second-order valence-corrected chi connectivity index (χ2v) is 8.25. The molecule has 2 saturated heterocycles. The highest BCUT2D eigenvalue weighted by Crippen LogP contribution is 2.25. The van der Waals surface area contributed by atoms with Crippen LogP contribution in [0.5, 0.6) is 5.75 Å². The van der Waals surface area contributed by atoms with Crippen molar-refractivity contribution in [3.63, 3.8) is 0 Å². The van der Waals surface area contributed by atoms with Crippen LogP contribution in [0.4, 0.5) is 0 Å². The number of hydrogen-bond donors (Lipinski definition) is 1. The number of rotatable bonds is 9. The van der Waals surface area contributed by atoms with Crippen molar-refractivity contribution >= 4 is 5.96 Å². The van der Waals surface area contributed by atoms with Crippen LogP contribution < -0.4 is 10.1 Å². The van der Waals surface area contributed by atoms with Gasteiger partial charge in [-0.3, -0.25) is 14.8 Å². The standard InChI is InChI=1S/C24H41N5O2/c1-5-25-24(29-12-11-21(19-29)28-13-15-31-16-14-28)26-18-23(27(6-2)7-3)20-9-8-10-22(17-20)30-4/h8-10,17,21,23H,5-7,11-16,18-19H2,1-4H3,(H,25,26). The van der Waals surface area contributed by atoms with Gasteiger partial charge >= 0.3 is 0 Å². The van der Waals surface area contributed by atoms with Crippen LogP contribution in [0.15, 0.2) is 29.3 Å². The summed E-state index contributed by atoms with van der Waals surface area (Å²) in [4.78, 5) is 12.6. The van der Waals surface area contributed by atoms with Crippen molar-refractivity contribution in [3.8, 4) is 5.75 Å². The molecule has 0 spiro atoms. The van der Waals surface area contributed by atoms with Crippen molar-refractivity contribution in [1.82, 2.24) is 20.0 Å². The molecule has 1 aromatic rings. The zero-order valence-corrected chi connectivity index (χ0v) is 19.8. The number of aliphatic imine (C=N–C) groups is 1. The quantitative estimate of drug-likeness (QED) is 0.479. The second kappa shape index (κ2) is 12.3. The molecule has 7 heteroatoms. The SMILES string of the molecule is CCNC(=NCC(c1cccc(OC)c1)N(CC)CC)N1CCC(N2CCOCC2)C1. The molecule has 174 valence electrons. The highest BCUT2D eigenvalue weighted by atomic mass is 16.5. The lowest BCUT2D eigenvalue weighted by molar-refractivity contribution is 0.0195. The van der Waals surface area contributed by atoms with Crippen LogP contribution >= 0.6 is 0 Å². The molecular formula is C24H41N5O2. The van der Waals surface area contributed by atoms with Crippen LogP contribution in [-0.4, -0.2) is 99.4 Å². The largest absolute Gasteiger partial charge is 0.497 e. The van der Waals surface area contributed by atoms with Crippen LogP contribution in [0, 0.1) is 0 Å². The number of likely N-dealkylation sites (N-methyl/N-ethyl adjacent to an activating group) is 1. The highest BCUT2D eigenvalue weighted by molar-refractivity contribution is 5.80. The molecule has 2 fully saturated rings. The van der Waals surface area contributed by atoms with E-state index < -0.39 is 0 Å². The average molecular weight is 432 g/mol. The van der Waals surface area contributed by atoms with Gasteiger partial charge in [0.15, 0.2) is 5.96 Å². The first kappa shape index (κ1) is 23.8. The summed E-state index contributed by atoms with van der Waals surface area (Å²) in [6.45, 7) is 16.1. The molecule has 2 aliphatic rings. The number of benzene rings is 1. The monoisotopic (exact) mass is 431 g/mol. The zero-order chi connectivity index (χ0) is 22.1. The molecule has 31 heavy (non-hydrogen) atoms. The third kappa shape index (κ3) is 6.34. The molecule has 0 aromatic heterocycles. The third-order valence-corrected chi connectivity index (χ3v) is 6.51. The number of guanidine groups is 1. The predicted molar refractivity (Wildman–Crippen MR) is 127 cm³/mol. The molecule has 2 atom stereocenters. The molecule has 0 aliphatic carbocycles. The molecule has 1 aromatic carbocycles. The van der Waals surface area contributed by atoms with Crippen LogP contribution in [0.2, 0.25) is 0 Å². The van der Waals surface area contributed by atoms with Gasteiger partial charge < -0.3 is 19.7 Å². The molecule has 0 bridgehead atoms. The van der Waals surface area contributed by atoms with E-state index in [1.54, 1.807) is 7.11 Å². The lowest BCUT2D eigenvalue weighted by atomic mass is 10.0. The van der Waals surface area contributed by atoms with Crippen molar-refractivity contribution in [3.05, 3.63) is 29.8 Å². The fourth-order valence-electron chi connectivity index (χ4n) is 4.72. The van der Waals surface area contributed by atoms with Gasteiger partial charge in [0, 0.05) is 38.8 Å². The van der Waals surface area contributed by atoms with Gasteiger partial charge in [-0.05, 0) is 44.1 Å². The highest BCUT2D eigenvalue weighted by Gasteiger charge is 2.30. The molecule has 0 saturated carbocycles. The van der Waals surface area contributed by atoms with Gasteiger partial charge in [0.05, 0.1) is 32.9 Å². The smallest absolute Gasteiger partial charge is 0.194 e. The Labute approximate surface area is 188 Å². The summed E-state index contributed by atoms with van der Waals surface area (Å²) in [6.07, 6.45) is 1.19. The number of hydrogen-bond acceptors (Lipinski definition) is 5. The van der Waals surface area contributed by atoms with E-state index in [0.29, 0.717) is 6.04 Å². The number of nitrogens with zero attached hydrogens (tertiary/aromatic N) is 4. The molecular weight excluding hydrogens is 390 g/mol. The van der Waals surface area contributed by atoms with Crippen LogP contribution in [0.3, 0.4) is 0 Å². The fourth-order valence-corrected chi connectivity index (χ4v) is 4.72. The second-order valence-electron chi connectivity index (χ2n) is 8.25. The molecule has 1 N–H and O–H groups in total. The minimum atomic E-state index is 0.233. The first-order chi connectivity index (χ1) is 15.2. The van der Waals surface area contributed by atoms with E-state index in [1.807, 2.05) is 6.07 Å². The average Bonchev–Trinajstić information content (AvgIpc) is 3.32. The van der Waals surface area contributed by atoms with Gasteiger partial charge in [-0.1, -0.05) is 26.0 Å². The minimum absolute atomic E-state index is 0.233. The fraction of sp³-hybridized carbons (Fsp3) is 0.708. The van der Waals surface area contributed by atoms with E-state index in [0.717, 1.165) is 77.3 Å². The van der Waals surface area contributed by atoms with E-state index in [4.69, 9.17) is 14.5 Å². The summed E-state index contributed by atoms with van der Waals surface area (Å²) in [5, 5.41) is 3.54. The van der Waals surface area contributed by atoms with E-state index in [-0.39, 0.29) is 6.04 Å². The van der Waals surface area contributed by atoms with E-state index in [9.17, 15) is 0 Å². The Kier molecular flexibility index (Phi) is 9.43. The summed E-state index contributed by atoms with van der Waals surface area (Å²) in [5.41, 5.74) is 1.26. The lowest BCUT2D eigenvalue weighted by Crippen LogP contribution is -2.47. The van der Waals surface area contributed by atoms with E-state index in [2.05, 4.69) is 59.0 Å². The molecule has 2 heterocycles. The zero-order valence-electron chi connectivity index (χ0n) is 19.8. The van der Waals surface area contributed by atoms with Gasteiger partial charge in [0.2, 0.25) is 0 Å². The Bertz CT molecular complexity index is 688. The van der Waals surface area contributed by atoms with Gasteiger partial charge in [-0.2, -0.15) is 0 Å². The molecule has 2 unspecified atom stereocenters. The number of ether oxygens (including phenoxy) is 2. The Morgan fingerprint density at radius 2 is 2.00 bits per heavy atom. The Hall–Kier alpha value is -1.83. The Morgan fingerprint density at radius 1 is 1.23 bits per heavy atom. The van der Waals surface area contributed by atoms with Gasteiger partial charge in [0.1, 0.15) is 5.75 Å². The first-order valence-corrected chi connectivity index (χ1v) is 11.9. The summed E-state index contributed by atoms with van der Waals surface area (Å²) in [6, 6.07) is 9.26. The van der Waals surface area contributed by atoms with Crippen molar-refractivity contribution in [1.29, 1.82) is 0 Å². The summed E-state index contributed by atoms with van der Waals surface area (Å²) >= 11 is 0. The van der Waals surface area contributed by atoms with Gasteiger partial charge in [-0.15, -0.1) is 0 Å². The topological polar surface area (TPSA) is 52.6 Å². The lowest BCUT2D eigenvalue weighted by Gasteiger charge is -2.32. The summed E-state index contributed by atoms with van der Waals surface area (Å²) < 4.78 is 11.0. The maximum absolute atomic E-state index is 5.53. The number of morpholine rings is 1. The molecule has 0 radical (unpaired) electrons. The molecule has 2 aliphatic heterocycles. The van der Waals surface area contributed by atoms with Crippen molar-refractivity contribution < 1.29 is 9.47 Å². The van der Waals surface area contributed by atoms with Crippen molar-refractivity contribution in [2.75, 3.05) is 72.7 Å². The summed E-state index contributed by atoms with van der Waals surface area (Å²) in [7, 11) is 1.73. The normalized spacial score (nSPS) is 21.5. The first-order valence-electron chi connectivity index (χ1n) is 11.9. The molecule has 7 nitrogen and oxygen atoms in total. The number of methoxy groups -OCH3 is 1. The minimum Gasteiger partial charge on any atom is -0.497 e. The van der Waals surface area contributed by atoms with Crippen LogP contribution in [0.25, 0.3) is 0 Å². The van der Waals surface area contributed by atoms with E-state index in [1.165, 1.54) is 12.0 Å².